The smallest absolute Gasteiger partial charge is 0.324 e. The number of carbonyl (C=O) groups is 1. The van der Waals surface area contributed by atoms with E-state index in [1.165, 1.54) is 13.8 Å². The lowest BCUT2D eigenvalue weighted by molar-refractivity contribution is -0.137. The molecule has 2 aromatic carbocycles. The Labute approximate surface area is 241 Å². The van der Waals surface area contributed by atoms with Crippen molar-refractivity contribution in [2.75, 3.05) is 10.6 Å². The van der Waals surface area contributed by atoms with Crippen LogP contribution in [0, 0.1) is 13.8 Å². The van der Waals surface area contributed by atoms with Crippen LogP contribution < -0.4 is 10.6 Å². The number of anilines is 3. The number of aromatic nitrogens is 5. The summed E-state index contributed by atoms with van der Waals surface area (Å²) in [5.41, 5.74) is -6.92. The van der Waals surface area contributed by atoms with Crippen LogP contribution >= 0.6 is 0 Å². The molecule has 39 heavy (non-hydrogen) atoms. The van der Waals surface area contributed by atoms with Crippen molar-refractivity contribution in [3.8, 4) is 16.9 Å². The van der Waals surface area contributed by atoms with Gasteiger partial charge in [-0.15, -0.1) is 0 Å². The average Bonchev–Trinajstić information content (AvgIpc) is 3.30. The Hall–Kier alpha value is -5.06. The molecule has 2 N–H and O–H groups in total. The Morgan fingerprint density at radius 1 is 1.03 bits per heavy atom. The fraction of sp³-hybridized carbons (Fsp3) is 0.107. The molecule has 0 unspecified atom stereocenters. The second-order valence-electron chi connectivity index (χ2n) is 7.64. The molecule has 0 fully saturated rings. The Bertz CT molecular complexity index is 2410. The number of hydrogen-bond acceptors (Lipinski definition) is 6. The molecule has 5 rings (SSSR count). The van der Waals surface area contributed by atoms with E-state index in [4.69, 9.17) is 19.2 Å². The first-order valence-corrected chi connectivity index (χ1v) is 10.7. The minimum Gasteiger partial charge on any atom is -0.324 e. The second-order valence-corrected chi connectivity index (χ2v) is 7.64. The molecule has 3 heterocycles. The maximum Gasteiger partial charge on any atom is 0.416 e. The number of nitrogens with one attached hydrogen (secondary N) is 2. The molecule has 0 bridgehead atoms. The van der Waals surface area contributed by atoms with Gasteiger partial charge in [0.1, 0.15) is 1.37 Å². The minimum atomic E-state index is -5.42. The van der Waals surface area contributed by atoms with Crippen LogP contribution in [0.2, 0.25) is 0 Å². The van der Waals surface area contributed by atoms with Crippen molar-refractivity contribution in [3.05, 3.63) is 108 Å². The zero-order chi connectivity index (χ0) is 39.8. The number of pyridine rings is 1. The van der Waals surface area contributed by atoms with Crippen LogP contribution in [-0.2, 0) is 6.18 Å². The van der Waals surface area contributed by atoms with Crippen LogP contribution in [0.5, 0.6) is 0 Å². The number of halogens is 3. The molecule has 11 heteroatoms. The van der Waals surface area contributed by atoms with E-state index in [2.05, 4.69) is 25.3 Å². The maximum atomic E-state index is 14.2. The number of rotatable bonds is 6. The summed E-state index contributed by atoms with van der Waals surface area (Å²) in [6.07, 6.45) is -9.12. The van der Waals surface area contributed by atoms with Crippen molar-refractivity contribution in [1.82, 2.24) is 24.5 Å². The molecule has 0 spiro atoms. The molecule has 0 saturated carbocycles. The zero-order valence-electron chi connectivity index (χ0n) is 33.8. The number of benzene rings is 2. The Kier molecular flexibility index (Phi) is 3.63. The third-order valence-corrected chi connectivity index (χ3v) is 4.80. The van der Waals surface area contributed by atoms with E-state index >= 15 is 0 Å². The normalized spacial score (nSPS) is 16.3. The van der Waals surface area contributed by atoms with Gasteiger partial charge < -0.3 is 15.2 Å². The summed E-state index contributed by atoms with van der Waals surface area (Å²) in [7, 11) is 0. The Balaban J connectivity index is 1.67. The highest BCUT2D eigenvalue weighted by molar-refractivity contribution is 6.05. The fourth-order valence-corrected chi connectivity index (χ4v) is 3.02. The van der Waals surface area contributed by atoms with Gasteiger partial charge >= 0.3 is 6.18 Å². The van der Waals surface area contributed by atoms with Gasteiger partial charge in [-0.05, 0) is 67.8 Å². The zero-order valence-corrected chi connectivity index (χ0v) is 19.8. The highest BCUT2D eigenvalue weighted by Gasteiger charge is 2.31. The number of imidazole rings is 1. The molecule has 0 atom stereocenters. The van der Waals surface area contributed by atoms with Gasteiger partial charge in [0.25, 0.3) is 5.91 Å². The molecular formula is C28H22F3N7O. The predicted octanol–water partition coefficient (Wildman–Crippen LogP) is 6.36. The molecule has 0 aliphatic rings. The van der Waals surface area contributed by atoms with Crippen molar-refractivity contribution in [1.29, 1.82) is 0 Å². The molecule has 196 valence electrons. The van der Waals surface area contributed by atoms with E-state index in [1.807, 2.05) is 5.32 Å². The Morgan fingerprint density at radius 2 is 1.87 bits per heavy atom. The lowest BCUT2D eigenvalue weighted by Gasteiger charge is -2.14. The van der Waals surface area contributed by atoms with E-state index in [-0.39, 0.29) is 11.3 Å². The average molecular weight is 544 g/mol. The summed E-state index contributed by atoms with van der Waals surface area (Å²) in [4.78, 5) is 28.7. The van der Waals surface area contributed by atoms with Crippen molar-refractivity contribution in [2.24, 2.45) is 0 Å². The number of amides is 1. The van der Waals surface area contributed by atoms with Gasteiger partial charge in [-0.1, -0.05) is 6.04 Å². The van der Waals surface area contributed by atoms with Crippen LogP contribution in [0.3, 0.4) is 0 Å². The lowest BCUT2D eigenvalue weighted by Crippen LogP contribution is -2.14. The molecule has 0 aliphatic heterocycles. The van der Waals surface area contributed by atoms with Gasteiger partial charge in [0.05, 0.1) is 41.1 Å². The number of aryl methyl sites for hydroxylation is 1. The van der Waals surface area contributed by atoms with Crippen molar-refractivity contribution < 1.29 is 37.2 Å². The van der Waals surface area contributed by atoms with Gasteiger partial charge in [-0.25, -0.2) is 15.0 Å². The molecule has 1 amide bonds. The third kappa shape index (κ3) is 5.93. The van der Waals surface area contributed by atoms with Gasteiger partial charge in [-0.3, -0.25) is 9.78 Å². The summed E-state index contributed by atoms with van der Waals surface area (Å²) >= 11 is 0. The van der Waals surface area contributed by atoms with Gasteiger partial charge in [0, 0.05) is 52.9 Å². The first-order valence-electron chi connectivity index (χ1n) is 17.7. The molecule has 0 radical (unpaired) electrons. The van der Waals surface area contributed by atoms with Gasteiger partial charge in [0.2, 0.25) is 5.95 Å². The molecule has 3 aromatic heterocycles. The van der Waals surface area contributed by atoms with E-state index in [1.54, 1.807) is 0 Å². The van der Waals surface area contributed by atoms with Crippen LogP contribution in [0.1, 0.15) is 46.4 Å². The first-order chi connectivity index (χ1) is 24.5. The molecule has 5 aromatic rings. The molecule has 0 aliphatic carbocycles. The number of alkyl halides is 3. The summed E-state index contributed by atoms with van der Waals surface area (Å²) in [5.74, 6) is -2.15. The molecule has 8 nitrogen and oxygen atoms in total. The van der Waals surface area contributed by atoms with E-state index in [9.17, 15) is 18.0 Å². The standard InChI is InChI=1S/C28H22F3N7O/c1-17-5-6-19(10-25(17)37-27-33-9-7-24(36-27)20-4-3-8-32-14-20)26(39)35-22-11-21(28(29,30)31)12-23(13-22)38-15-18(2)34-16-38/h3-16H,1-2H3,(H,35,39)(H,33,36,37)/i3D,4D,5D,6D,7D,8D,9D,10D,11D,12D,13D,14D,15D,16D. The highest BCUT2D eigenvalue weighted by atomic mass is 19.4. The number of hydrogen-bond donors (Lipinski definition) is 2. The second kappa shape index (κ2) is 10.4. The van der Waals surface area contributed by atoms with E-state index in [0.717, 1.165) is 0 Å². The summed E-state index contributed by atoms with van der Waals surface area (Å²) < 4.78 is 158. The molecule has 0 saturated heterocycles. The summed E-state index contributed by atoms with van der Waals surface area (Å²) in [6.45, 7) is 2.49. The lowest BCUT2D eigenvalue weighted by atomic mass is 10.1. The monoisotopic (exact) mass is 543 g/mol. The largest absolute Gasteiger partial charge is 0.416 e. The SMILES string of the molecule is [2H]c1nc(Nc2c([2H])c(C(=O)Nc3c([2H])c(-n4c([2H])nc(C)c4[2H])c([2H])c(C(F)(F)F)c3[2H])c([2H])c([2H])c2C)nc(-c2c([2H])nc([2H])c([2H])c2[2H])c1[2H]. The predicted molar refractivity (Wildman–Crippen MR) is 141 cm³/mol. The van der Waals surface area contributed by atoms with Crippen LogP contribution in [0.4, 0.5) is 30.5 Å². The topological polar surface area (TPSA) is 97.6 Å². The van der Waals surface area contributed by atoms with Crippen molar-refractivity contribution >= 4 is 23.2 Å². The van der Waals surface area contributed by atoms with Crippen molar-refractivity contribution in [3.63, 3.8) is 0 Å². The highest BCUT2D eigenvalue weighted by Crippen LogP contribution is 2.33. The molecular weight excluding hydrogens is 507 g/mol. The number of nitrogens with zero attached hydrogens (tertiary/aromatic N) is 5. The first kappa shape index (κ1) is 13.7. The minimum absolute atomic E-state index is 0.141. The fourth-order valence-electron chi connectivity index (χ4n) is 3.02. The Morgan fingerprint density at radius 3 is 2.64 bits per heavy atom. The third-order valence-electron chi connectivity index (χ3n) is 4.80. The van der Waals surface area contributed by atoms with Gasteiger partial charge in [0.15, 0.2) is 0 Å². The van der Waals surface area contributed by atoms with Crippen LogP contribution in [0.25, 0.3) is 16.9 Å². The van der Waals surface area contributed by atoms with E-state index < -0.39 is 143 Å². The number of carbonyl (C=O) groups excluding carboxylic acids is 1. The van der Waals surface area contributed by atoms with E-state index in [0.29, 0.717) is 4.57 Å². The maximum absolute atomic E-state index is 14.2. The summed E-state index contributed by atoms with van der Waals surface area (Å²) in [6, 6.07) is -8.77. The van der Waals surface area contributed by atoms with Crippen molar-refractivity contribution in [2.45, 2.75) is 20.0 Å². The quantitative estimate of drug-likeness (QED) is 0.259. The summed E-state index contributed by atoms with van der Waals surface area (Å²) in [5, 5.41) is 4.40. The van der Waals surface area contributed by atoms with Crippen LogP contribution in [0.15, 0.2) is 85.4 Å². The van der Waals surface area contributed by atoms with Gasteiger partial charge in [-0.2, -0.15) is 13.2 Å². The van der Waals surface area contributed by atoms with Crippen LogP contribution in [-0.4, -0.2) is 30.4 Å².